The summed E-state index contributed by atoms with van der Waals surface area (Å²) in [5, 5.41) is 9.53. The molecule has 2 aromatic heterocycles. The Morgan fingerprint density at radius 2 is 1.87 bits per heavy atom. The number of hydrogen-bond donors (Lipinski definition) is 1. The molecule has 2 aromatic rings. The van der Waals surface area contributed by atoms with E-state index in [0.717, 1.165) is 48.6 Å². The summed E-state index contributed by atoms with van der Waals surface area (Å²) in [6.45, 7) is 7.40. The van der Waals surface area contributed by atoms with E-state index in [9.17, 15) is 14.7 Å². The SMILES string of the molecule is CC(=O)N1CC2(CCN(c3nccc(-c4ccc(C)nc4C)n3)CC2)CC1C(=O)O. The Labute approximate surface area is 176 Å². The van der Waals surface area contributed by atoms with Gasteiger partial charge in [0.2, 0.25) is 11.9 Å². The molecule has 2 fully saturated rings. The monoisotopic (exact) mass is 409 g/mol. The maximum Gasteiger partial charge on any atom is 0.326 e. The number of aryl methyl sites for hydroxylation is 2. The number of pyridine rings is 1. The number of carbonyl (C=O) groups is 2. The van der Waals surface area contributed by atoms with Gasteiger partial charge >= 0.3 is 5.97 Å². The van der Waals surface area contributed by atoms with Crippen LogP contribution >= 0.6 is 0 Å². The molecule has 8 heteroatoms. The molecule has 4 rings (SSSR count). The van der Waals surface area contributed by atoms with Gasteiger partial charge in [-0.1, -0.05) is 0 Å². The van der Waals surface area contributed by atoms with Crippen LogP contribution in [0.3, 0.4) is 0 Å². The lowest BCUT2D eigenvalue weighted by Gasteiger charge is -2.39. The molecular formula is C22H27N5O3. The average Bonchev–Trinajstić information content (AvgIpc) is 3.09. The number of anilines is 1. The largest absolute Gasteiger partial charge is 0.480 e. The lowest BCUT2D eigenvalue weighted by atomic mass is 9.76. The van der Waals surface area contributed by atoms with Crippen LogP contribution in [0.2, 0.25) is 0 Å². The number of amides is 1. The van der Waals surface area contributed by atoms with Crippen LogP contribution in [0.1, 0.15) is 37.6 Å². The highest BCUT2D eigenvalue weighted by molar-refractivity contribution is 5.83. The van der Waals surface area contributed by atoms with E-state index in [1.807, 2.05) is 32.0 Å². The molecular weight excluding hydrogens is 382 g/mol. The molecule has 2 aliphatic heterocycles. The van der Waals surface area contributed by atoms with Gasteiger partial charge in [0, 0.05) is 49.7 Å². The Hall–Kier alpha value is -3.03. The normalized spacial score (nSPS) is 20.6. The zero-order valence-electron chi connectivity index (χ0n) is 17.6. The van der Waals surface area contributed by atoms with E-state index in [1.165, 1.54) is 11.8 Å². The Bertz CT molecular complexity index is 960. The molecule has 158 valence electrons. The predicted octanol–water partition coefficient (Wildman–Crippen LogP) is 2.45. The molecule has 2 aliphatic rings. The van der Waals surface area contributed by atoms with Crippen LogP contribution in [0.25, 0.3) is 11.3 Å². The first-order chi connectivity index (χ1) is 14.3. The van der Waals surface area contributed by atoms with E-state index in [1.54, 1.807) is 6.20 Å². The maximum absolute atomic E-state index is 11.9. The number of likely N-dealkylation sites (tertiary alicyclic amines) is 1. The van der Waals surface area contributed by atoms with Crippen molar-refractivity contribution in [2.45, 2.75) is 46.1 Å². The van der Waals surface area contributed by atoms with Crippen molar-refractivity contribution in [2.24, 2.45) is 5.41 Å². The highest BCUT2D eigenvalue weighted by Crippen LogP contribution is 2.44. The van der Waals surface area contributed by atoms with Crippen LogP contribution in [0.5, 0.6) is 0 Å². The first-order valence-electron chi connectivity index (χ1n) is 10.3. The molecule has 0 aromatic carbocycles. The molecule has 0 bridgehead atoms. The van der Waals surface area contributed by atoms with Crippen LogP contribution in [-0.2, 0) is 9.59 Å². The minimum atomic E-state index is -0.914. The summed E-state index contributed by atoms with van der Waals surface area (Å²) < 4.78 is 0. The Morgan fingerprint density at radius 1 is 1.13 bits per heavy atom. The summed E-state index contributed by atoms with van der Waals surface area (Å²) in [5.74, 6) is -0.402. The molecule has 4 heterocycles. The molecule has 8 nitrogen and oxygen atoms in total. The predicted molar refractivity (Wildman–Crippen MR) is 112 cm³/mol. The summed E-state index contributed by atoms with van der Waals surface area (Å²) in [4.78, 5) is 41.0. The lowest BCUT2D eigenvalue weighted by molar-refractivity contribution is -0.147. The average molecular weight is 409 g/mol. The Balaban J connectivity index is 1.50. The number of nitrogens with zero attached hydrogens (tertiary/aromatic N) is 5. The van der Waals surface area contributed by atoms with Crippen molar-refractivity contribution in [2.75, 3.05) is 24.5 Å². The fraction of sp³-hybridized carbons (Fsp3) is 0.500. The number of carbonyl (C=O) groups excluding carboxylic acids is 1. The third-order valence-electron chi connectivity index (χ3n) is 6.45. The van der Waals surface area contributed by atoms with Crippen LogP contribution in [0.4, 0.5) is 5.95 Å². The maximum atomic E-state index is 11.9. The van der Waals surface area contributed by atoms with Crippen LogP contribution in [0.15, 0.2) is 24.4 Å². The van der Waals surface area contributed by atoms with Gasteiger partial charge in [-0.25, -0.2) is 14.8 Å². The second-order valence-corrected chi connectivity index (χ2v) is 8.52. The summed E-state index contributed by atoms with van der Waals surface area (Å²) in [5.41, 5.74) is 3.62. The van der Waals surface area contributed by atoms with E-state index >= 15 is 0 Å². The molecule has 0 aliphatic carbocycles. The van der Waals surface area contributed by atoms with Gasteiger partial charge < -0.3 is 14.9 Å². The third kappa shape index (κ3) is 3.74. The minimum Gasteiger partial charge on any atom is -0.480 e. The number of piperidine rings is 1. The van der Waals surface area contributed by atoms with Crippen molar-refractivity contribution >= 4 is 17.8 Å². The first-order valence-corrected chi connectivity index (χ1v) is 10.3. The van der Waals surface area contributed by atoms with Crippen LogP contribution < -0.4 is 4.90 Å². The topological polar surface area (TPSA) is 99.5 Å². The second kappa shape index (κ2) is 7.66. The molecule has 1 atom stereocenters. The zero-order valence-corrected chi connectivity index (χ0v) is 17.6. The van der Waals surface area contributed by atoms with E-state index in [4.69, 9.17) is 4.98 Å². The van der Waals surface area contributed by atoms with Crippen molar-refractivity contribution < 1.29 is 14.7 Å². The molecule has 0 radical (unpaired) electrons. The van der Waals surface area contributed by atoms with Gasteiger partial charge in [-0.3, -0.25) is 9.78 Å². The van der Waals surface area contributed by atoms with Gasteiger partial charge in [-0.2, -0.15) is 0 Å². The molecule has 1 amide bonds. The van der Waals surface area contributed by atoms with Gasteiger partial charge in [0.25, 0.3) is 0 Å². The van der Waals surface area contributed by atoms with Crippen molar-refractivity contribution in [3.63, 3.8) is 0 Å². The van der Waals surface area contributed by atoms with Crippen molar-refractivity contribution in [3.8, 4) is 11.3 Å². The number of rotatable bonds is 3. The van der Waals surface area contributed by atoms with E-state index in [0.29, 0.717) is 18.9 Å². The lowest BCUT2D eigenvalue weighted by Crippen LogP contribution is -2.43. The van der Waals surface area contributed by atoms with Crippen LogP contribution in [-0.4, -0.2) is 62.5 Å². The van der Waals surface area contributed by atoms with Gasteiger partial charge in [0.1, 0.15) is 6.04 Å². The van der Waals surface area contributed by atoms with E-state index < -0.39 is 12.0 Å². The molecule has 2 saturated heterocycles. The van der Waals surface area contributed by atoms with Crippen molar-refractivity contribution in [1.82, 2.24) is 19.9 Å². The van der Waals surface area contributed by atoms with Crippen molar-refractivity contribution in [3.05, 3.63) is 35.8 Å². The number of carboxylic acid groups (broad SMARTS) is 1. The number of aliphatic carboxylic acids is 1. The number of aromatic nitrogens is 3. The zero-order chi connectivity index (χ0) is 21.5. The van der Waals surface area contributed by atoms with Gasteiger partial charge in [-0.05, 0) is 56.7 Å². The molecule has 1 N–H and O–H groups in total. The van der Waals surface area contributed by atoms with Crippen LogP contribution in [0, 0.1) is 19.3 Å². The van der Waals surface area contributed by atoms with Crippen molar-refractivity contribution in [1.29, 1.82) is 0 Å². The molecule has 30 heavy (non-hydrogen) atoms. The fourth-order valence-electron chi connectivity index (χ4n) is 4.76. The van der Waals surface area contributed by atoms with Gasteiger partial charge in [0.05, 0.1) is 5.69 Å². The molecule has 1 unspecified atom stereocenters. The fourth-order valence-corrected chi connectivity index (χ4v) is 4.76. The summed E-state index contributed by atoms with van der Waals surface area (Å²) in [6, 6.07) is 5.20. The smallest absolute Gasteiger partial charge is 0.326 e. The van der Waals surface area contributed by atoms with Gasteiger partial charge in [-0.15, -0.1) is 0 Å². The highest BCUT2D eigenvalue weighted by Gasteiger charge is 2.49. The summed E-state index contributed by atoms with van der Waals surface area (Å²) >= 11 is 0. The summed E-state index contributed by atoms with van der Waals surface area (Å²) in [7, 11) is 0. The third-order valence-corrected chi connectivity index (χ3v) is 6.45. The number of carboxylic acids is 1. The Kier molecular flexibility index (Phi) is 5.17. The van der Waals surface area contributed by atoms with E-state index in [-0.39, 0.29) is 11.3 Å². The molecule has 0 saturated carbocycles. The first kappa shape index (κ1) is 20.3. The highest BCUT2D eigenvalue weighted by atomic mass is 16.4. The minimum absolute atomic E-state index is 0.139. The number of hydrogen-bond acceptors (Lipinski definition) is 6. The summed E-state index contributed by atoms with van der Waals surface area (Å²) in [6.07, 6.45) is 3.93. The van der Waals surface area contributed by atoms with Gasteiger partial charge in [0.15, 0.2) is 0 Å². The molecule has 1 spiro atoms. The quantitative estimate of drug-likeness (QED) is 0.831. The standard InChI is InChI=1S/C22H27N5O3/c1-14-4-5-17(15(2)24-14)18-6-9-23-21(25-18)26-10-7-22(8-11-26)12-19(20(29)30)27(13-22)16(3)28/h4-6,9,19H,7-8,10-13H2,1-3H3,(H,29,30). The Morgan fingerprint density at radius 3 is 2.47 bits per heavy atom. The van der Waals surface area contributed by atoms with E-state index in [2.05, 4.69) is 14.9 Å². The second-order valence-electron chi connectivity index (χ2n) is 8.52.